The molecule has 0 unspecified atom stereocenters. The number of benzene rings is 1. The molecule has 4 rings (SSSR count). The number of rotatable bonds is 6. The topological polar surface area (TPSA) is 87.9 Å². The summed E-state index contributed by atoms with van der Waals surface area (Å²) in [6.45, 7) is 2.59. The van der Waals surface area contributed by atoms with Crippen molar-refractivity contribution in [2.75, 3.05) is 43.0 Å². The SMILES string of the molecule is O=C(COc1ccc(Cl)cc1)Nc1ccc(N2CCCN(C(=O)c3ccco3)CC2)nc1. The Labute approximate surface area is 190 Å². The molecular weight excluding hydrogens is 432 g/mol. The third-order valence-corrected chi connectivity index (χ3v) is 5.31. The predicted octanol–water partition coefficient (Wildman–Crippen LogP) is 3.70. The molecule has 2 aromatic heterocycles. The van der Waals surface area contributed by atoms with E-state index in [1.165, 1.54) is 6.26 Å². The summed E-state index contributed by atoms with van der Waals surface area (Å²) >= 11 is 5.84. The van der Waals surface area contributed by atoms with Gasteiger partial charge in [0.1, 0.15) is 11.6 Å². The van der Waals surface area contributed by atoms with Gasteiger partial charge in [-0.25, -0.2) is 4.98 Å². The third-order valence-electron chi connectivity index (χ3n) is 5.05. The molecule has 1 aliphatic rings. The normalized spacial score (nSPS) is 14.0. The van der Waals surface area contributed by atoms with Gasteiger partial charge in [-0.15, -0.1) is 0 Å². The maximum Gasteiger partial charge on any atom is 0.289 e. The van der Waals surface area contributed by atoms with Crippen LogP contribution in [0, 0.1) is 0 Å². The second-order valence-electron chi connectivity index (χ2n) is 7.31. The maximum absolute atomic E-state index is 12.5. The molecule has 0 spiro atoms. The molecule has 166 valence electrons. The molecule has 0 radical (unpaired) electrons. The molecule has 3 heterocycles. The average Bonchev–Trinajstić information content (AvgIpc) is 3.24. The van der Waals surface area contributed by atoms with Crippen LogP contribution in [-0.4, -0.2) is 54.5 Å². The molecule has 0 bridgehead atoms. The third kappa shape index (κ3) is 5.59. The first-order valence-electron chi connectivity index (χ1n) is 10.3. The van der Waals surface area contributed by atoms with Crippen molar-refractivity contribution >= 4 is 34.9 Å². The summed E-state index contributed by atoms with van der Waals surface area (Å²) in [6, 6.07) is 13.9. The van der Waals surface area contributed by atoms with Crippen molar-refractivity contribution < 1.29 is 18.7 Å². The highest BCUT2D eigenvalue weighted by Gasteiger charge is 2.22. The van der Waals surface area contributed by atoms with E-state index >= 15 is 0 Å². The Morgan fingerprint density at radius 1 is 1.06 bits per heavy atom. The Hall–Kier alpha value is -3.52. The van der Waals surface area contributed by atoms with Crippen LogP contribution in [0.15, 0.2) is 65.4 Å². The van der Waals surface area contributed by atoms with E-state index in [2.05, 4.69) is 15.2 Å². The summed E-state index contributed by atoms with van der Waals surface area (Å²) in [5.41, 5.74) is 0.586. The highest BCUT2D eigenvalue weighted by atomic mass is 35.5. The van der Waals surface area contributed by atoms with Gasteiger partial charge in [-0.1, -0.05) is 11.6 Å². The smallest absolute Gasteiger partial charge is 0.289 e. The second kappa shape index (κ2) is 10.2. The minimum atomic E-state index is -0.281. The Kier molecular flexibility index (Phi) is 6.91. The van der Waals surface area contributed by atoms with Crippen LogP contribution in [0.5, 0.6) is 5.75 Å². The van der Waals surface area contributed by atoms with Crippen molar-refractivity contribution in [2.45, 2.75) is 6.42 Å². The molecule has 1 aromatic carbocycles. The van der Waals surface area contributed by atoms with E-state index in [0.717, 1.165) is 18.8 Å². The molecule has 1 saturated heterocycles. The quantitative estimate of drug-likeness (QED) is 0.611. The minimum absolute atomic E-state index is 0.0938. The summed E-state index contributed by atoms with van der Waals surface area (Å²) in [5.74, 6) is 1.35. The zero-order valence-corrected chi connectivity index (χ0v) is 18.1. The number of anilines is 2. The largest absolute Gasteiger partial charge is 0.484 e. The fourth-order valence-electron chi connectivity index (χ4n) is 3.43. The summed E-state index contributed by atoms with van der Waals surface area (Å²) in [6.07, 6.45) is 3.95. The van der Waals surface area contributed by atoms with Crippen LogP contribution in [0.4, 0.5) is 11.5 Å². The number of amides is 2. The van der Waals surface area contributed by atoms with E-state index in [0.29, 0.717) is 41.9 Å². The number of carbonyl (C=O) groups excluding carboxylic acids is 2. The second-order valence-corrected chi connectivity index (χ2v) is 7.74. The fourth-order valence-corrected chi connectivity index (χ4v) is 3.56. The minimum Gasteiger partial charge on any atom is -0.484 e. The number of halogens is 1. The summed E-state index contributed by atoms with van der Waals surface area (Å²) < 4.78 is 10.7. The van der Waals surface area contributed by atoms with Gasteiger partial charge < -0.3 is 24.3 Å². The lowest BCUT2D eigenvalue weighted by molar-refractivity contribution is -0.118. The molecule has 0 aliphatic carbocycles. The number of aromatic nitrogens is 1. The zero-order valence-electron chi connectivity index (χ0n) is 17.4. The monoisotopic (exact) mass is 454 g/mol. The van der Waals surface area contributed by atoms with Gasteiger partial charge in [-0.2, -0.15) is 0 Å². The average molecular weight is 455 g/mol. The van der Waals surface area contributed by atoms with E-state index in [4.69, 9.17) is 20.8 Å². The molecule has 3 aromatic rings. The van der Waals surface area contributed by atoms with Crippen molar-refractivity contribution in [3.63, 3.8) is 0 Å². The molecule has 32 heavy (non-hydrogen) atoms. The lowest BCUT2D eigenvalue weighted by Gasteiger charge is -2.22. The Balaban J connectivity index is 1.28. The van der Waals surface area contributed by atoms with Gasteiger partial charge in [0.05, 0.1) is 18.1 Å². The first kappa shape index (κ1) is 21.7. The predicted molar refractivity (Wildman–Crippen MR) is 121 cm³/mol. The molecule has 0 saturated carbocycles. The van der Waals surface area contributed by atoms with Gasteiger partial charge in [0.15, 0.2) is 12.4 Å². The van der Waals surface area contributed by atoms with Crippen molar-refractivity contribution in [1.82, 2.24) is 9.88 Å². The number of nitrogens with zero attached hydrogens (tertiary/aromatic N) is 3. The Morgan fingerprint density at radius 2 is 1.91 bits per heavy atom. The van der Waals surface area contributed by atoms with Crippen LogP contribution in [0.3, 0.4) is 0 Å². The molecule has 1 fully saturated rings. The van der Waals surface area contributed by atoms with Crippen LogP contribution < -0.4 is 15.0 Å². The van der Waals surface area contributed by atoms with Gasteiger partial charge in [0, 0.05) is 31.2 Å². The first-order valence-corrected chi connectivity index (χ1v) is 10.7. The molecule has 2 amide bonds. The number of furan rings is 1. The van der Waals surface area contributed by atoms with Crippen molar-refractivity contribution in [1.29, 1.82) is 0 Å². The van der Waals surface area contributed by atoms with Gasteiger partial charge >= 0.3 is 0 Å². The molecule has 0 atom stereocenters. The molecule has 8 nitrogen and oxygen atoms in total. The Bertz CT molecular complexity index is 1040. The number of hydrogen-bond donors (Lipinski definition) is 1. The first-order chi connectivity index (χ1) is 15.6. The highest BCUT2D eigenvalue weighted by molar-refractivity contribution is 6.30. The van der Waals surface area contributed by atoms with Gasteiger partial charge in [-0.3, -0.25) is 9.59 Å². The molecule has 1 N–H and O–H groups in total. The van der Waals surface area contributed by atoms with Gasteiger partial charge in [-0.05, 0) is 55.0 Å². The van der Waals surface area contributed by atoms with Crippen LogP contribution in [-0.2, 0) is 4.79 Å². The lowest BCUT2D eigenvalue weighted by Crippen LogP contribution is -2.35. The summed E-state index contributed by atoms with van der Waals surface area (Å²) in [7, 11) is 0. The van der Waals surface area contributed by atoms with Crippen molar-refractivity contribution in [2.24, 2.45) is 0 Å². The number of pyridine rings is 1. The van der Waals surface area contributed by atoms with Crippen molar-refractivity contribution in [3.05, 3.63) is 71.8 Å². The summed E-state index contributed by atoms with van der Waals surface area (Å²) in [4.78, 5) is 33.0. The van der Waals surface area contributed by atoms with E-state index in [-0.39, 0.29) is 18.4 Å². The van der Waals surface area contributed by atoms with Crippen LogP contribution >= 0.6 is 11.6 Å². The number of ether oxygens (including phenoxy) is 1. The fraction of sp³-hybridized carbons (Fsp3) is 0.261. The van der Waals surface area contributed by atoms with Crippen LogP contribution in [0.1, 0.15) is 17.0 Å². The summed E-state index contributed by atoms with van der Waals surface area (Å²) in [5, 5.41) is 3.38. The molecular formula is C23H23ClN4O4. The van der Waals surface area contributed by atoms with E-state index in [1.807, 2.05) is 6.07 Å². The number of nitrogens with one attached hydrogen (secondary N) is 1. The highest BCUT2D eigenvalue weighted by Crippen LogP contribution is 2.18. The lowest BCUT2D eigenvalue weighted by atomic mass is 10.3. The Morgan fingerprint density at radius 3 is 2.62 bits per heavy atom. The van der Waals surface area contributed by atoms with Crippen LogP contribution in [0.25, 0.3) is 0 Å². The van der Waals surface area contributed by atoms with Gasteiger partial charge in [0.25, 0.3) is 11.8 Å². The van der Waals surface area contributed by atoms with Crippen LogP contribution in [0.2, 0.25) is 5.02 Å². The van der Waals surface area contributed by atoms with Gasteiger partial charge in [0.2, 0.25) is 0 Å². The zero-order chi connectivity index (χ0) is 22.3. The molecule has 9 heteroatoms. The number of carbonyl (C=O) groups is 2. The standard InChI is InChI=1S/C23H23ClN4O4/c24-17-4-7-19(8-5-17)32-16-22(29)26-18-6-9-21(25-15-18)27-10-2-11-28(13-12-27)23(30)20-3-1-14-31-20/h1,3-9,14-15H,2,10-13,16H2,(H,26,29). The van der Waals surface area contributed by atoms with E-state index < -0.39 is 0 Å². The van der Waals surface area contributed by atoms with E-state index in [1.54, 1.807) is 53.6 Å². The van der Waals surface area contributed by atoms with E-state index in [9.17, 15) is 9.59 Å². The number of hydrogen-bond acceptors (Lipinski definition) is 6. The maximum atomic E-state index is 12.5. The van der Waals surface area contributed by atoms with Crippen molar-refractivity contribution in [3.8, 4) is 5.75 Å². The molecule has 1 aliphatic heterocycles.